The number of aryl methyl sites for hydroxylation is 1. The van der Waals surface area contributed by atoms with Gasteiger partial charge in [-0.25, -0.2) is 8.42 Å². The first-order chi connectivity index (χ1) is 8.81. The minimum atomic E-state index is -3.93. The molecule has 0 aromatic heterocycles. The molecule has 1 N–H and O–H groups in total. The molecule has 19 heavy (non-hydrogen) atoms. The molecular weight excluding hydrogens is 270 g/mol. The van der Waals surface area contributed by atoms with Gasteiger partial charge in [0.05, 0.1) is 15.9 Å². The van der Waals surface area contributed by atoms with Gasteiger partial charge in [-0.2, -0.15) is 9.98 Å². The Bertz CT molecular complexity index is 634. The van der Waals surface area contributed by atoms with E-state index >= 15 is 0 Å². The van der Waals surface area contributed by atoms with E-state index in [0.29, 0.717) is 12.0 Å². The average Bonchev–Trinajstić information content (AvgIpc) is 2.35. The molecule has 0 bridgehead atoms. The Hall–Kier alpha value is -1.98. The molecule has 0 aliphatic heterocycles. The first-order valence-corrected chi connectivity index (χ1v) is 6.97. The van der Waals surface area contributed by atoms with Crippen molar-refractivity contribution >= 4 is 15.7 Å². The molecule has 0 fully saturated rings. The second-order valence-electron chi connectivity index (χ2n) is 3.92. The SMILES string of the molecule is CCC(C#N)NS(=O)(=O)c1ccc(C)c([N+](=O)[O-])c1. The quantitative estimate of drug-likeness (QED) is 0.649. The number of nitrogens with one attached hydrogen (secondary N) is 1. The first kappa shape index (κ1) is 15.1. The predicted molar refractivity (Wildman–Crippen MR) is 67.8 cm³/mol. The van der Waals surface area contributed by atoms with Crippen LogP contribution in [0.15, 0.2) is 23.1 Å². The molecule has 0 saturated carbocycles. The molecular formula is C11H13N3O4S. The van der Waals surface area contributed by atoms with Gasteiger partial charge in [0.25, 0.3) is 5.69 Å². The Morgan fingerprint density at radius 1 is 1.53 bits per heavy atom. The summed E-state index contributed by atoms with van der Waals surface area (Å²) in [6, 6.07) is 4.57. The van der Waals surface area contributed by atoms with Crippen LogP contribution in [0.4, 0.5) is 5.69 Å². The third kappa shape index (κ3) is 3.49. The Kier molecular flexibility index (Phi) is 4.58. The van der Waals surface area contributed by atoms with E-state index in [9.17, 15) is 18.5 Å². The maximum absolute atomic E-state index is 12.0. The number of hydrogen-bond acceptors (Lipinski definition) is 5. The molecule has 1 aromatic carbocycles. The highest BCUT2D eigenvalue weighted by Crippen LogP contribution is 2.22. The zero-order chi connectivity index (χ0) is 14.6. The minimum absolute atomic E-state index is 0.224. The lowest BCUT2D eigenvalue weighted by Gasteiger charge is -2.10. The van der Waals surface area contributed by atoms with E-state index in [1.165, 1.54) is 19.1 Å². The second-order valence-corrected chi connectivity index (χ2v) is 5.63. The summed E-state index contributed by atoms with van der Waals surface area (Å²) in [7, 11) is -3.93. The molecule has 1 atom stereocenters. The van der Waals surface area contributed by atoms with Crippen molar-refractivity contribution in [2.24, 2.45) is 0 Å². The lowest BCUT2D eigenvalue weighted by atomic mass is 10.2. The van der Waals surface area contributed by atoms with Crippen LogP contribution in [0.3, 0.4) is 0 Å². The highest BCUT2D eigenvalue weighted by molar-refractivity contribution is 7.89. The molecule has 1 unspecified atom stereocenters. The summed E-state index contributed by atoms with van der Waals surface area (Å²) < 4.78 is 26.1. The van der Waals surface area contributed by atoms with Crippen molar-refractivity contribution in [2.45, 2.75) is 31.2 Å². The molecule has 0 heterocycles. The molecule has 0 aliphatic rings. The van der Waals surface area contributed by atoms with Crippen LogP contribution in [0.1, 0.15) is 18.9 Å². The van der Waals surface area contributed by atoms with Crippen molar-refractivity contribution in [3.63, 3.8) is 0 Å². The van der Waals surface area contributed by atoms with Crippen LogP contribution in [0, 0.1) is 28.4 Å². The molecule has 0 radical (unpaired) electrons. The maximum atomic E-state index is 12.0. The largest absolute Gasteiger partial charge is 0.273 e. The van der Waals surface area contributed by atoms with Crippen LogP contribution in [-0.4, -0.2) is 19.4 Å². The summed E-state index contributed by atoms with van der Waals surface area (Å²) in [5.74, 6) is 0. The number of rotatable bonds is 5. The molecule has 0 saturated heterocycles. The van der Waals surface area contributed by atoms with Gasteiger partial charge in [-0.3, -0.25) is 10.1 Å². The van der Waals surface area contributed by atoms with E-state index in [1.54, 1.807) is 13.0 Å². The molecule has 0 aliphatic carbocycles. The van der Waals surface area contributed by atoms with Crippen molar-refractivity contribution in [3.05, 3.63) is 33.9 Å². The van der Waals surface area contributed by atoms with Crippen LogP contribution in [0.2, 0.25) is 0 Å². The summed E-state index contributed by atoms with van der Waals surface area (Å²) >= 11 is 0. The van der Waals surface area contributed by atoms with Gasteiger partial charge in [0.2, 0.25) is 10.0 Å². The third-order valence-corrected chi connectivity index (χ3v) is 4.02. The Labute approximate surface area is 111 Å². The Morgan fingerprint density at radius 2 is 2.16 bits per heavy atom. The predicted octanol–water partition coefficient (Wildman–Crippen LogP) is 1.48. The number of nitro benzene ring substituents is 1. The van der Waals surface area contributed by atoms with Crippen molar-refractivity contribution < 1.29 is 13.3 Å². The number of nitriles is 1. The monoisotopic (exact) mass is 283 g/mol. The summed E-state index contributed by atoms with van der Waals surface area (Å²) in [6.07, 6.45) is 0.309. The van der Waals surface area contributed by atoms with Gasteiger partial charge in [-0.1, -0.05) is 13.0 Å². The molecule has 1 rings (SSSR count). The molecule has 0 amide bonds. The second kappa shape index (κ2) is 5.77. The van der Waals surface area contributed by atoms with Crippen LogP contribution in [-0.2, 0) is 10.0 Å². The fourth-order valence-electron chi connectivity index (χ4n) is 1.41. The number of hydrogen-bond donors (Lipinski definition) is 1. The van der Waals surface area contributed by atoms with Crippen molar-refractivity contribution in [1.29, 1.82) is 5.26 Å². The van der Waals surface area contributed by atoms with Crippen molar-refractivity contribution in [1.82, 2.24) is 4.72 Å². The van der Waals surface area contributed by atoms with E-state index in [2.05, 4.69) is 4.72 Å². The van der Waals surface area contributed by atoms with E-state index in [-0.39, 0.29) is 10.6 Å². The van der Waals surface area contributed by atoms with Gasteiger partial charge in [0, 0.05) is 11.6 Å². The fraction of sp³-hybridized carbons (Fsp3) is 0.364. The summed E-state index contributed by atoms with van der Waals surface area (Å²) in [4.78, 5) is 9.91. The Morgan fingerprint density at radius 3 is 2.63 bits per heavy atom. The maximum Gasteiger partial charge on any atom is 0.273 e. The average molecular weight is 283 g/mol. The molecule has 8 heteroatoms. The number of benzene rings is 1. The lowest BCUT2D eigenvalue weighted by molar-refractivity contribution is -0.385. The smallest absolute Gasteiger partial charge is 0.258 e. The normalized spacial score (nSPS) is 12.7. The van der Waals surface area contributed by atoms with Crippen molar-refractivity contribution in [3.8, 4) is 6.07 Å². The van der Waals surface area contributed by atoms with Crippen molar-refractivity contribution in [2.75, 3.05) is 0 Å². The highest BCUT2D eigenvalue weighted by Gasteiger charge is 2.22. The summed E-state index contributed by atoms with van der Waals surface area (Å²) in [5, 5.41) is 19.5. The highest BCUT2D eigenvalue weighted by atomic mass is 32.2. The van der Waals surface area contributed by atoms with Crippen LogP contribution >= 0.6 is 0 Å². The molecule has 102 valence electrons. The van der Waals surface area contributed by atoms with E-state index in [1.807, 2.05) is 0 Å². The van der Waals surface area contributed by atoms with Crippen LogP contribution in [0.25, 0.3) is 0 Å². The van der Waals surface area contributed by atoms with E-state index in [0.717, 1.165) is 6.07 Å². The standard InChI is InChI=1S/C11H13N3O4S/c1-3-9(7-12)13-19(17,18)10-5-4-8(2)11(6-10)14(15)16/h4-6,9,13H,3H2,1-2H3. The number of nitro groups is 1. The number of sulfonamides is 1. The first-order valence-electron chi connectivity index (χ1n) is 5.48. The molecule has 7 nitrogen and oxygen atoms in total. The molecule has 0 spiro atoms. The lowest BCUT2D eigenvalue weighted by Crippen LogP contribution is -2.33. The fourth-order valence-corrected chi connectivity index (χ4v) is 2.65. The van der Waals surface area contributed by atoms with Gasteiger partial charge in [0.15, 0.2) is 0 Å². The van der Waals surface area contributed by atoms with Crippen LogP contribution < -0.4 is 4.72 Å². The molecule has 1 aromatic rings. The van der Waals surface area contributed by atoms with E-state index in [4.69, 9.17) is 5.26 Å². The van der Waals surface area contributed by atoms with Gasteiger partial charge in [-0.05, 0) is 19.4 Å². The minimum Gasteiger partial charge on any atom is -0.258 e. The number of nitrogens with zero attached hydrogens (tertiary/aromatic N) is 2. The summed E-state index contributed by atoms with van der Waals surface area (Å²) in [5.41, 5.74) is 0.101. The van der Waals surface area contributed by atoms with Gasteiger partial charge >= 0.3 is 0 Å². The Balaban J connectivity index is 3.20. The third-order valence-electron chi connectivity index (χ3n) is 2.55. The van der Waals surface area contributed by atoms with E-state index < -0.39 is 21.0 Å². The summed E-state index contributed by atoms with van der Waals surface area (Å²) in [6.45, 7) is 3.18. The van der Waals surface area contributed by atoms with Gasteiger partial charge in [-0.15, -0.1) is 0 Å². The topological polar surface area (TPSA) is 113 Å². The van der Waals surface area contributed by atoms with Crippen LogP contribution in [0.5, 0.6) is 0 Å². The van der Waals surface area contributed by atoms with Gasteiger partial charge in [0.1, 0.15) is 6.04 Å². The van der Waals surface area contributed by atoms with Gasteiger partial charge < -0.3 is 0 Å². The zero-order valence-electron chi connectivity index (χ0n) is 10.5. The zero-order valence-corrected chi connectivity index (χ0v) is 11.3.